The molecular weight excluding hydrogens is 1160 g/mol. The van der Waals surface area contributed by atoms with Crippen molar-refractivity contribution >= 4 is 41.3 Å². The third-order valence-electron chi connectivity index (χ3n) is 10.3. The van der Waals surface area contributed by atoms with Crippen LogP contribution in [0.4, 0.5) is 11.4 Å². The van der Waals surface area contributed by atoms with Gasteiger partial charge in [0.2, 0.25) is 5.69 Å². The molecule has 1 aliphatic carbocycles. The molecule has 0 bridgehead atoms. The summed E-state index contributed by atoms with van der Waals surface area (Å²) in [5.41, 5.74) is 10.0. The van der Waals surface area contributed by atoms with Crippen LogP contribution in [0, 0.1) is 62.2 Å². The number of anilines is 1. The first-order chi connectivity index (χ1) is 22.7. The zero-order valence-corrected chi connectivity index (χ0v) is 40.8. The molecule has 2 aliphatic heterocycles. The van der Waals surface area contributed by atoms with Crippen molar-refractivity contribution in [2.75, 3.05) is 18.0 Å². The molecule has 264 valence electrons. The van der Waals surface area contributed by atoms with Crippen LogP contribution in [0.3, 0.4) is 0 Å². The van der Waals surface area contributed by atoms with Gasteiger partial charge in [-0.25, -0.2) is 0 Å². The molecule has 3 aliphatic rings. The molecule has 0 saturated heterocycles. The summed E-state index contributed by atoms with van der Waals surface area (Å²) in [6, 6.07) is 17.5. The SMILES string of the molecule is CC1(C)C(/C=C/C2=C(Cl)C(=C/C=C3/N(CCCCC[C-]=O)c4ccccc4C3(C)C)/CCC2)=[N+](CCCCC[C-]=O)c2ccccc21.[Br-].[U].[U]. The number of rotatable bonds is 15. The number of halogens is 2. The standard InChI is InChI=1S/C42H50ClN2O2.BrH.2U/c1-41(2)34-20-9-11-22-36(34)44(28-13-5-7-15-30-46)38(41)26-24-32-18-17-19-33(40(32)43)25-27-39-42(3,4)35-21-10-12-23-37(35)45(39)29-14-6-8-16-31-47;;;/h9-12,20-27H,5-8,13-19,28-29H2,1-4H3;1H;;/q-1;;;/p-1. The smallest absolute Gasteiger partial charge is 0.209 e. The Balaban J connectivity index is 0.00000289. The molecule has 2 aromatic rings. The zero-order chi connectivity index (χ0) is 33.4. The van der Waals surface area contributed by atoms with Crippen molar-refractivity contribution in [1.29, 1.82) is 0 Å². The van der Waals surface area contributed by atoms with E-state index < -0.39 is 0 Å². The van der Waals surface area contributed by atoms with Crippen molar-refractivity contribution in [3.63, 3.8) is 0 Å². The molecule has 0 saturated carbocycles. The van der Waals surface area contributed by atoms with Gasteiger partial charge in [-0.2, -0.15) is 17.4 Å². The van der Waals surface area contributed by atoms with Crippen molar-refractivity contribution < 1.29 is 93.4 Å². The Morgan fingerprint density at radius 3 is 2.12 bits per heavy atom. The molecule has 0 spiro atoms. The normalized spacial score (nSPS) is 18.9. The summed E-state index contributed by atoms with van der Waals surface area (Å²) in [6.07, 6.45) is 23.1. The van der Waals surface area contributed by atoms with Crippen molar-refractivity contribution in [1.82, 2.24) is 0 Å². The average Bonchev–Trinajstić information content (AvgIpc) is 3.42. The topological polar surface area (TPSA) is 40.4 Å². The summed E-state index contributed by atoms with van der Waals surface area (Å²) in [4.78, 5) is 23.9. The number of nitrogens with zero attached hydrogens (tertiary/aromatic N) is 2. The first-order valence-electron chi connectivity index (χ1n) is 17.5. The van der Waals surface area contributed by atoms with Gasteiger partial charge < -0.3 is 31.5 Å². The number of carbonyl (C=O) groups excluding carboxylic acids is 2. The predicted octanol–water partition coefficient (Wildman–Crippen LogP) is 7.25. The minimum atomic E-state index is -0.119. The van der Waals surface area contributed by atoms with E-state index in [0.29, 0.717) is 12.8 Å². The minimum absolute atomic E-state index is 0. The van der Waals surface area contributed by atoms with Gasteiger partial charge in [-0.05, 0) is 74.8 Å². The third kappa shape index (κ3) is 10.2. The fraction of sp³-hybridized carbons (Fsp3) is 0.452. The Hall–Kier alpha value is -0.916. The summed E-state index contributed by atoms with van der Waals surface area (Å²) in [7, 11) is 0. The van der Waals surface area contributed by atoms with E-state index in [9.17, 15) is 9.59 Å². The van der Waals surface area contributed by atoms with Crippen LogP contribution in [0.1, 0.15) is 109 Å². The van der Waals surface area contributed by atoms with Gasteiger partial charge in [-0.1, -0.05) is 93.3 Å². The van der Waals surface area contributed by atoms with Gasteiger partial charge in [0.25, 0.3) is 0 Å². The summed E-state index contributed by atoms with van der Waals surface area (Å²) in [5, 5.41) is 0.875. The molecule has 8 heteroatoms. The number of unbranched alkanes of at least 4 members (excludes halogenated alkanes) is 6. The fourth-order valence-electron chi connectivity index (χ4n) is 7.62. The number of para-hydroxylation sites is 2. The van der Waals surface area contributed by atoms with Gasteiger partial charge in [0.1, 0.15) is 6.54 Å². The van der Waals surface area contributed by atoms with Gasteiger partial charge in [0, 0.05) is 115 Å². The van der Waals surface area contributed by atoms with Crippen LogP contribution in [0.2, 0.25) is 0 Å². The van der Waals surface area contributed by atoms with E-state index in [0.717, 1.165) is 75.9 Å². The molecule has 5 rings (SSSR count). The number of allylic oxidation sites excluding steroid dienone is 8. The molecule has 0 unspecified atom stereocenters. The molecule has 0 aromatic heterocycles. The Labute approximate surface area is 363 Å². The van der Waals surface area contributed by atoms with Crippen molar-refractivity contribution in [3.05, 3.63) is 106 Å². The van der Waals surface area contributed by atoms with Gasteiger partial charge in [0.05, 0.1) is 5.41 Å². The van der Waals surface area contributed by atoms with Crippen LogP contribution in [0.5, 0.6) is 0 Å². The molecule has 0 atom stereocenters. The second kappa shape index (κ2) is 21.1. The van der Waals surface area contributed by atoms with E-state index in [1.807, 2.05) is 12.6 Å². The van der Waals surface area contributed by atoms with E-state index in [1.54, 1.807) is 0 Å². The Bertz CT molecular complexity index is 1640. The zero-order valence-electron chi connectivity index (χ0n) is 30.1. The molecule has 0 N–H and O–H groups in total. The predicted molar refractivity (Wildman–Crippen MR) is 196 cm³/mol. The summed E-state index contributed by atoms with van der Waals surface area (Å²) in [5.74, 6) is 0. The van der Waals surface area contributed by atoms with Crippen LogP contribution in [-0.4, -0.2) is 35.9 Å². The molecular formula is C42H50BrClN2O2U2-2. The van der Waals surface area contributed by atoms with Crippen LogP contribution < -0.4 is 21.9 Å². The van der Waals surface area contributed by atoms with Crippen molar-refractivity contribution in [3.8, 4) is 0 Å². The summed E-state index contributed by atoms with van der Waals surface area (Å²) < 4.78 is 2.47. The van der Waals surface area contributed by atoms with Gasteiger partial charge in [-0.15, -0.1) is 0 Å². The molecule has 4 nitrogen and oxygen atoms in total. The van der Waals surface area contributed by atoms with Crippen molar-refractivity contribution in [2.45, 2.75) is 109 Å². The largest absolute Gasteiger partial charge is 1.00 e. The maximum absolute atomic E-state index is 10.7. The minimum Gasteiger partial charge on any atom is -1.00 e. The molecule has 0 radical (unpaired) electrons. The molecule has 2 aromatic carbocycles. The number of hydrogen-bond acceptors (Lipinski definition) is 3. The number of benzene rings is 2. The van der Waals surface area contributed by atoms with Gasteiger partial charge in [-0.3, -0.25) is 12.6 Å². The quantitative estimate of drug-likeness (QED) is 0.107. The van der Waals surface area contributed by atoms with Crippen LogP contribution in [0.15, 0.2) is 94.7 Å². The van der Waals surface area contributed by atoms with Gasteiger partial charge in [0.15, 0.2) is 5.71 Å². The average molecular weight is 1210 g/mol. The monoisotopic (exact) mass is 1200 g/mol. The van der Waals surface area contributed by atoms with E-state index >= 15 is 0 Å². The van der Waals surface area contributed by atoms with Crippen LogP contribution >= 0.6 is 11.6 Å². The maximum atomic E-state index is 10.7. The van der Waals surface area contributed by atoms with Crippen LogP contribution in [0.25, 0.3) is 0 Å². The first-order valence-corrected chi connectivity index (χ1v) is 17.9. The Morgan fingerprint density at radius 1 is 0.780 bits per heavy atom. The fourth-order valence-corrected chi connectivity index (χ4v) is 7.93. The van der Waals surface area contributed by atoms with Crippen molar-refractivity contribution in [2.24, 2.45) is 0 Å². The molecule has 50 heavy (non-hydrogen) atoms. The van der Waals surface area contributed by atoms with Crippen LogP contribution in [-0.2, 0) is 20.4 Å². The van der Waals surface area contributed by atoms with E-state index in [2.05, 4.69) is 110 Å². The van der Waals surface area contributed by atoms with Gasteiger partial charge >= 0.3 is 0 Å². The Morgan fingerprint density at radius 2 is 1.42 bits per heavy atom. The summed E-state index contributed by atoms with van der Waals surface area (Å²) in [6.45, 7) is 11.1. The molecule has 0 amide bonds. The third-order valence-corrected chi connectivity index (χ3v) is 10.7. The van der Waals surface area contributed by atoms with E-state index in [4.69, 9.17) is 11.6 Å². The number of hydrogen-bond donors (Lipinski definition) is 0. The maximum Gasteiger partial charge on any atom is 0.209 e. The van der Waals surface area contributed by atoms with E-state index in [-0.39, 0.29) is 90.0 Å². The first kappa shape index (κ1) is 45.2. The molecule has 0 fully saturated rings. The Kier molecular flexibility index (Phi) is 19.1. The molecule has 2 heterocycles. The second-order valence-corrected chi connectivity index (χ2v) is 14.5. The second-order valence-electron chi connectivity index (χ2n) is 14.2. The van der Waals surface area contributed by atoms with E-state index in [1.165, 1.54) is 45.1 Å². The summed E-state index contributed by atoms with van der Waals surface area (Å²) >= 11 is 7.21. The number of fused-ring (bicyclic) bond motifs is 2.